The van der Waals surface area contributed by atoms with Crippen LogP contribution >= 0.6 is 0 Å². The number of unbranched alkanes of at least 4 members (excludes halogenated alkanes) is 4. The van der Waals surface area contributed by atoms with Crippen molar-refractivity contribution >= 4 is 0 Å². The predicted octanol–water partition coefficient (Wildman–Crippen LogP) is 8.02. The Balaban J connectivity index is -0.000000358. The molecular formula is C23H49N. The van der Waals surface area contributed by atoms with Crippen LogP contribution < -0.4 is 0 Å². The lowest BCUT2D eigenvalue weighted by Gasteiger charge is -2.18. The van der Waals surface area contributed by atoms with E-state index in [0.29, 0.717) is 0 Å². The summed E-state index contributed by atoms with van der Waals surface area (Å²) in [5.41, 5.74) is 2.99. The molecule has 1 rings (SSSR count). The van der Waals surface area contributed by atoms with Crippen LogP contribution in [0.1, 0.15) is 107 Å². The first-order valence-electron chi connectivity index (χ1n) is 10.6. The van der Waals surface area contributed by atoms with E-state index in [1.165, 1.54) is 95.0 Å². The Hall–Kier alpha value is -0.560. The van der Waals surface area contributed by atoms with Crippen molar-refractivity contribution in [3.63, 3.8) is 0 Å². The molecule has 0 aromatic heterocycles. The van der Waals surface area contributed by atoms with Crippen LogP contribution in [0.25, 0.3) is 0 Å². The van der Waals surface area contributed by atoms with Crippen LogP contribution in [0, 0.1) is 0 Å². The van der Waals surface area contributed by atoms with Crippen LogP contribution in [0.2, 0.25) is 0 Å². The minimum atomic E-state index is 0. The fourth-order valence-electron chi connectivity index (χ4n) is 2.71. The topological polar surface area (TPSA) is 3.24 Å². The highest BCUT2D eigenvalue weighted by Gasteiger charge is 2.09. The molecule has 0 radical (unpaired) electrons. The number of allylic oxidation sites excluding steroid dienone is 2. The van der Waals surface area contributed by atoms with Crippen molar-refractivity contribution in [2.24, 2.45) is 0 Å². The van der Waals surface area contributed by atoms with Gasteiger partial charge >= 0.3 is 0 Å². The summed E-state index contributed by atoms with van der Waals surface area (Å²) < 4.78 is 0. The normalized spacial score (nSPS) is 15.8. The minimum Gasteiger partial charge on any atom is -0.303 e. The molecule has 0 amide bonds. The Morgan fingerprint density at radius 2 is 1.67 bits per heavy atom. The number of hydrogen-bond acceptors (Lipinski definition) is 1. The standard InChI is InChI=1S/C12H23N.C9H18.C2H6.H2/c1-3-4-5-9-13-10-6-7-12(2)8-11-13;1-4-6-7-8-9(3)5-2;1-2;/h2-11H2,1H3;5H,4,6-8H2,1-3H3;1-2H3;1H/b;9-5-;;. The maximum atomic E-state index is 4.08. The third-order valence-corrected chi connectivity index (χ3v) is 4.53. The fourth-order valence-corrected chi connectivity index (χ4v) is 2.71. The van der Waals surface area contributed by atoms with E-state index in [0.717, 1.165) is 0 Å². The van der Waals surface area contributed by atoms with Crippen molar-refractivity contribution < 1.29 is 1.43 Å². The van der Waals surface area contributed by atoms with Gasteiger partial charge in [-0.3, -0.25) is 0 Å². The molecule has 1 nitrogen and oxygen atoms in total. The summed E-state index contributed by atoms with van der Waals surface area (Å²) in [7, 11) is 0. The van der Waals surface area contributed by atoms with Gasteiger partial charge in [0.15, 0.2) is 0 Å². The van der Waals surface area contributed by atoms with Crippen molar-refractivity contribution in [3.8, 4) is 0 Å². The van der Waals surface area contributed by atoms with Crippen molar-refractivity contribution in [1.82, 2.24) is 4.90 Å². The van der Waals surface area contributed by atoms with E-state index in [2.05, 4.69) is 45.2 Å². The summed E-state index contributed by atoms with van der Waals surface area (Å²) in [5, 5.41) is 0. The van der Waals surface area contributed by atoms with E-state index in [1.807, 2.05) is 13.8 Å². The maximum Gasteiger partial charge on any atom is 0.00185 e. The molecule has 1 saturated heterocycles. The molecule has 24 heavy (non-hydrogen) atoms. The largest absolute Gasteiger partial charge is 0.303 e. The van der Waals surface area contributed by atoms with Gasteiger partial charge in [0.05, 0.1) is 0 Å². The van der Waals surface area contributed by atoms with Crippen LogP contribution in [0.15, 0.2) is 23.8 Å². The van der Waals surface area contributed by atoms with Gasteiger partial charge in [0.1, 0.15) is 0 Å². The zero-order valence-electron chi connectivity index (χ0n) is 17.9. The summed E-state index contributed by atoms with van der Waals surface area (Å²) in [6.45, 7) is 20.8. The van der Waals surface area contributed by atoms with Crippen LogP contribution in [0.3, 0.4) is 0 Å². The van der Waals surface area contributed by atoms with Crippen LogP contribution in [-0.2, 0) is 0 Å². The van der Waals surface area contributed by atoms with Crippen LogP contribution in [0.5, 0.6) is 0 Å². The number of rotatable bonds is 8. The van der Waals surface area contributed by atoms with Crippen molar-refractivity contribution in [1.29, 1.82) is 0 Å². The van der Waals surface area contributed by atoms with Gasteiger partial charge in [-0.05, 0) is 65.5 Å². The molecule has 1 aliphatic heterocycles. The van der Waals surface area contributed by atoms with Gasteiger partial charge in [-0.25, -0.2) is 0 Å². The summed E-state index contributed by atoms with van der Waals surface area (Å²) >= 11 is 0. The van der Waals surface area contributed by atoms with Gasteiger partial charge in [-0.1, -0.05) is 77.2 Å². The lowest BCUT2D eigenvalue weighted by Crippen LogP contribution is -2.25. The summed E-state index contributed by atoms with van der Waals surface area (Å²) in [6, 6.07) is 0. The quantitative estimate of drug-likeness (QED) is 0.319. The Morgan fingerprint density at radius 3 is 2.25 bits per heavy atom. The minimum absolute atomic E-state index is 0. The Labute approximate surface area is 156 Å². The third-order valence-electron chi connectivity index (χ3n) is 4.53. The molecule has 0 spiro atoms. The number of hydrogen-bond donors (Lipinski definition) is 0. The smallest absolute Gasteiger partial charge is 0.00185 e. The second-order valence-electron chi connectivity index (χ2n) is 6.74. The molecule has 146 valence electrons. The first-order valence-corrected chi connectivity index (χ1v) is 10.6. The molecule has 0 aliphatic carbocycles. The zero-order chi connectivity index (χ0) is 18.6. The third kappa shape index (κ3) is 17.8. The lowest BCUT2D eigenvalue weighted by atomic mass is 10.1. The molecule has 0 N–H and O–H groups in total. The Kier molecular flexibility index (Phi) is 21.9. The molecule has 1 aliphatic rings. The van der Waals surface area contributed by atoms with Gasteiger partial charge in [0, 0.05) is 7.97 Å². The predicted molar refractivity (Wildman–Crippen MR) is 116 cm³/mol. The molecular weight excluding hydrogens is 290 g/mol. The van der Waals surface area contributed by atoms with E-state index < -0.39 is 0 Å². The maximum absolute atomic E-state index is 4.08. The summed E-state index contributed by atoms with van der Waals surface area (Å²) in [4.78, 5) is 2.60. The number of nitrogens with zero attached hydrogens (tertiary/aromatic N) is 1. The van der Waals surface area contributed by atoms with Crippen LogP contribution in [-0.4, -0.2) is 24.5 Å². The first-order chi connectivity index (χ1) is 11.6. The molecule has 0 unspecified atom stereocenters. The highest BCUT2D eigenvalue weighted by Crippen LogP contribution is 2.14. The van der Waals surface area contributed by atoms with Gasteiger partial charge in [-0.2, -0.15) is 0 Å². The van der Waals surface area contributed by atoms with E-state index in [4.69, 9.17) is 0 Å². The fraction of sp³-hybridized carbons (Fsp3) is 0.826. The number of likely N-dealkylation sites (tertiary alicyclic amines) is 1. The molecule has 1 heteroatoms. The van der Waals surface area contributed by atoms with Gasteiger partial charge in [-0.15, -0.1) is 0 Å². The summed E-state index contributed by atoms with van der Waals surface area (Å²) in [6.07, 6.45) is 15.5. The molecule has 0 atom stereocenters. The van der Waals surface area contributed by atoms with Crippen molar-refractivity contribution in [2.75, 3.05) is 19.6 Å². The molecule has 1 fully saturated rings. The Bertz CT molecular complexity index is 296. The highest BCUT2D eigenvalue weighted by atomic mass is 15.1. The van der Waals surface area contributed by atoms with Crippen molar-refractivity contribution in [2.45, 2.75) is 106 Å². The SMILES string of the molecule is C/C=C(/C)CCCCC.C=C1CCCN(CCCCC)CC1.CC.[HH]. The van der Waals surface area contributed by atoms with E-state index in [1.54, 1.807) is 0 Å². The van der Waals surface area contributed by atoms with E-state index in [-0.39, 0.29) is 1.43 Å². The van der Waals surface area contributed by atoms with E-state index in [9.17, 15) is 0 Å². The second kappa shape index (κ2) is 20.5. The summed E-state index contributed by atoms with van der Waals surface area (Å²) in [5.74, 6) is 0. The zero-order valence-corrected chi connectivity index (χ0v) is 17.9. The average molecular weight is 340 g/mol. The van der Waals surface area contributed by atoms with Crippen molar-refractivity contribution in [3.05, 3.63) is 23.8 Å². The molecule has 0 bridgehead atoms. The Morgan fingerprint density at radius 1 is 1.04 bits per heavy atom. The van der Waals surface area contributed by atoms with E-state index >= 15 is 0 Å². The van der Waals surface area contributed by atoms with Gasteiger partial charge < -0.3 is 4.90 Å². The monoisotopic (exact) mass is 339 g/mol. The second-order valence-corrected chi connectivity index (χ2v) is 6.74. The van der Waals surface area contributed by atoms with Gasteiger partial charge in [0.25, 0.3) is 0 Å². The highest BCUT2D eigenvalue weighted by molar-refractivity contribution is 4.96. The molecule has 0 aromatic carbocycles. The molecule has 1 heterocycles. The first kappa shape index (κ1) is 25.7. The molecule has 0 saturated carbocycles. The lowest BCUT2D eigenvalue weighted by molar-refractivity contribution is 0.280. The average Bonchev–Trinajstić information content (AvgIpc) is 2.82. The van der Waals surface area contributed by atoms with Gasteiger partial charge in [0.2, 0.25) is 0 Å². The van der Waals surface area contributed by atoms with Crippen LogP contribution in [0.4, 0.5) is 0 Å². The molecule has 0 aromatic rings.